The quantitative estimate of drug-likeness (QED) is 0.759. The first-order valence-corrected chi connectivity index (χ1v) is 6.16. The van der Waals surface area contributed by atoms with Crippen molar-refractivity contribution in [2.24, 2.45) is 10.9 Å². The van der Waals surface area contributed by atoms with Crippen LogP contribution in [0.4, 0.5) is 4.79 Å². The zero-order valence-corrected chi connectivity index (χ0v) is 11.1. The molecule has 0 radical (unpaired) electrons. The van der Waals surface area contributed by atoms with E-state index in [-0.39, 0.29) is 12.1 Å². The molecule has 98 valence electrons. The van der Waals surface area contributed by atoms with Gasteiger partial charge in [-0.2, -0.15) is 0 Å². The van der Waals surface area contributed by atoms with Crippen LogP contribution in [-0.4, -0.2) is 49.2 Å². The van der Waals surface area contributed by atoms with Gasteiger partial charge in [0.05, 0.1) is 19.8 Å². The van der Waals surface area contributed by atoms with Gasteiger partial charge in [0.1, 0.15) is 6.04 Å². The smallest absolute Gasteiger partial charge is 0.410 e. The normalized spacial score (nSPS) is 20.2. The Hall–Kier alpha value is -1.26. The molecule has 0 saturated carbocycles. The lowest BCUT2D eigenvalue weighted by molar-refractivity contribution is 0.0828. The Morgan fingerprint density at radius 3 is 2.88 bits per heavy atom. The summed E-state index contributed by atoms with van der Waals surface area (Å²) in [5.41, 5.74) is 0. The lowest BCUT2D eigenvalue weighted by Crippen LogP contribution is -2.48. The second-order valence-electron chi connectivity index (χ2n) is 4.49. The van der Waals surface area contributed by atoms with Gasteiger partial charge in [0, 0.05) is 6.54 Å². The number of carbonyl (C=O) groups excluding carboxylic acids is 1. The number of carbonyl (C=O) groups is 1. The highest BCUT2D eigenvalue weighted by atomic mass is 16.6. The summed E-state index contributed by atoms with van der Waals surface area (Å²) >= 11 is 0. The third kappa shape index (κ3) is 3.91. The molecule has 17 heavy (non-hydrogen) atoms. The third-order valence-electron chi connectivity index (χ3n) is 2.50. The van der Waals surface area contributed by atoms with Gasteiger partial charge in [0.25, 0.3) is 0 Å². The molecule has 1 aliphatic heterocycles. The van der Waals surface area contributed by atoms with Crippen molar-refractivity contribution in [1.82, 2.24) is 4.90 Å². The van der Waals surface area contributed by atoms with Crippen LogP contribution in [0.1, 0.15) is 27.7 Å². The van der Waals surface area contributed by atoms with Crippen LogP contribution in [0.15, 0.2) is 4.99 Å². The van der Waals surface area contributed by atoms with Gasteiger partial charge in [-0.05, 0) is 19.8 Å². The van der Waals surface area contributed by atoms with Crippen molar-refractivity contribution in [2.75, 3.05) is 26.3 Å². The van der Waals surface area contributed by atoms with Gasteiger partial charge in [-0.25, -0.2) is 4.79 Å². The van der Waals surface area contributed by atoms with Gasteiger partial charge in [0.15, 0.2) is 0 Å². The summed E-state index contributed by atoms with van der Waals surface area (Å²) in [6.45, 7) is 10.0. The molecule has 0 fully saturated rings. The monoisotopic (exact) mass is 242 g/mol. The maximum atomic E-state index is 11.9. The van der Waals surface area contributed by atoms with Crippen LogP contribution in [0.3, 0.4) is 0 Å². The molecule has 1 heterocycles. The van der Waals surface area contributed by atoms with E-state index in [9.17, 15) is 4.79 Å². The zero-order chi connectivity index (χ0) is 12.8. The number of nitrogens with zero attached hydrogens (tertiary/aromatic N) is 2. The van der Waals surface area contributed by atoms with Gasteiger partial charge in [-0.3, -0.25) is 9.89 Å². The van der Waals surface area contributed by atoms with Crippen LogP contribution in [0.5, 0.6) is 0 Å². The molecule has 0 bridgehead atoms. The molecule has 0 aromatic rings. The summed E-state index contributed by atoms with van der Waals surface area (Å²) in [6, 6.07) is -0.136. The number of ether oxygens (including phenoxy) is 2. The summed E-state index contributed by atoms with van der Waals surface area (Å²) in [4.78, 5) is 17.8. The first-order valence-electron chi connectivity index (χ1n) is 6.16. The van der Waals surface area contributed by atoms with Gasteiger partial charge in [-0.1, -0.05) is 13.8 Å². The van der Waals surface area contributed by atoms with Crippen LogP contribution in [0, 0.1) is 5.92 Å². The molecule has 5 nitrogen and oxygen atoms in total. The van der Waals surface area contributed by atoms with Crippen LogP contribution < -0.4 is 0 Å². The molecule has 0 N–H and O–H groups in total. The summed E-state index contributed by atoms with van der Waals surface area (Å²) in [6.07, 6.45) is -0.279. The van der Waals surface area contributed by atoms with Crippen molar-refractivity contribution in [3.8, 4) is 0 Å². The van der Waals surface area contributed by atoms with Gasteiger partial charge >= 0.3 is 6.09 Å². The summed E-state index contributed by atoms with van der Waals surface area (Å²) in [5, 5.41) is 0. The minimum absolute atomic E-state index is 0.136. The third-order valence-corrected chi connectivity index (χ3v) is 2.50. The molecule has 1 unspecified atom stereocenters. The van der Waals surface area contributed by atoms with Crippen molar-refractivity contribution >= 4 is 12.0 Å². The minimum Gasteiger partial charge on any atom is -0.480 e. The van der Waals surface area contributed by atoms with Crippen molar-refractivity contribution < 1.29 is 14.3 Å². The van der Waals surface area contributed by atoms with Crippen molar-refractivity contribution in [3.05, 3.63) is 0 Å². The lowest BCUT2D eigenvalue weighted by atomic mass is 10.2. The van der Waals surface area contributed by atoms with E-state index in [2.05, 4.69) is 4.99 Å². The summed E-state index contributed by atoms with van der Waals surface area (Å²) < 4.78 is 10.6. The van der Waals surface area contributed by atoms with Gasteiger partial charge in [0.2, 0.25) is 5.90 Å². The Bertz CT molecular complexity index is 289. The van der Waals surface area contributed by atoms with Crippen molar-refractivity contribution in [3.63, 3.8) is 0 Å². The Kier molecular flexibility index (Phi) is 5.25. The van der Waals surface area contributed by atoms with Crippen molar-refractivity contribution in [2.45, 2.75) is 33.7 Å². The van der Waals surface area contributed by atoms with E-state index >= 15 is 0 Å². The van der Waals surface area contributed by atoms with E-state index in [1.165, 1.54) is 0 Å². The van der Waals surface area contributed by atoms with E-state index < -0.39 is 0 Å². The van der Waals surface area contributed by atoms with Gasteiger partial charge < -0.3 is 9.47 Å². The Morgan fingerprint density at radius 1 is 1.59 bits per heavy atom. The molecule has 0 aliphatic carbocycles. The van der Waals surface area contributed by atoms with E-state index in [1.807, 2.05) is 27.7 Å². The molecule has 1 rings (SSSR count). The second-order valence-corrected chi connectivity index (χ2v) is 4.49. The molecule has 1 aliphatic rings. The molecule has 1 atom stereocenters. The van der Waals surface area contributed by atoms with E-state index in [0.29, 0.717) is 38.1 Å². The highest BCUT2D eigenvalue weighted by molar-refractivity contribution is 5.86. The Balaban J connectivity index is 2.54. The molecule has 0 spiro atoms. The Morgan fingerprint density at radius 2 is 2.29 bits per heavy atom. The van der Waals surface area contributed by atoms with E-state index in [0.717, 1.165) is 0 Å². The highest BCUT2D eigenvalue weighted by Gasteiger charge is 2.29. The first kappa shape index (κ1) is 13.8. The molecule has 5 heteroatoms. The van der Waals surface area contributed by atoms with Crippen LogP contribution in [0.2, 0.25) is 0 Å². The first-order chi connectivity index (χ1) is 8.06. The maximum absolute atomic E-state index is 11.9. The largest absolute Gasteiger partial charge is 0.480 e. The Labute approximate surface area is 103 Å². The molecule has 1 amide bonds. The maximum Gasteiger partial charge on any atom is 0.410 e. The van der Waals surface area contributed by atoms with Gasteiger partial charge in [-0.15, -0.1) is 0 Å². The summed E-state index contributed by atoms with van der Waals surface area (Å²) in [5.74, 6) is 0.972. The van der Waals surface area contributed by atoms with Crippen molar-refractivity contribution in [1.29, 1.82) is 0 Å². The standard InChI is InChI=1S/C12H22N2O3/c1-5-16-11-10(4)14(7-6-13-11)12(15)17-8-9(2)3/h9-10H,5-8H2,1-4H3. The number of hydrogen-bond donors (Lipinski definition) is 0. The number of rotatable bonds is 3. The fourth-order valence-corrected chi connectivity index (χ4v) is 1.61. The molecular formula is C12H22N2O3. The highest BCUT2D eigenvalue weighted by Crippen LogP contribution is 2.11. The molecule has 0 aromatic carbocycles. The lowest BCUT2D eigenvalue weighted by Gasteiger charge is -2.31. The predicted octanol–water partition coefficient (Wildman–Crippen LogP) is 1.92. The molecule has 0 saturated heterocycles. The fourth-order valence-electron chi connectivity index (χ4n) is 1.61. The molecule has 0 aromatic heterocycles. The number of hydrogen-bond acceptors (Lipinski definition) is 4. The number of amides is 1. The molecular weight excluding hydrogens is 220 g/mol. The fraction of sp³-hybridized carbons (Fsp3) is 0.833. The summed E-state index contributed by atoms with van der Waals surface area (Å²) in [7, 11) is 0. The van der Waals surface area contributed by atoms with Crippen LogP contribution in [-0.2, 0) is 9.47 Å². The van der Waals surface area contributed by atoms with E-state index in [4.69, 9.17) is 9.47 Å². The zero-order valence-electron chi connectivity index (χ0n) is 11.1. The number of aliphatic imine (C=N–C) groups is 1. The average molecular weight is 242 g/mol. The van der Waals surface area contributed by atoms with Crippen LogP contribution in [0.25, 0.3) is 0 Å². The second kappa shape index (κ2) is 6.47. The minimum atomic E-state index is -0.279. The van der Waals surface area contributed by atoms with E-state index in [1.54, 1.807) is 4.90 Å². The van der Waals surface area contributed by atoms with Crippen LogP contribution >= 0.6 is 0 Å². The predicted molar refractivity (Wildman–Crippen MR) is 66.3 cm³/mol. The SMILES string of the molecule is CCOC1=NCCN(C(=O)OCC(C)C)C1C. The average Bonchev–Trinajstić information content (AvgIpc) is 2.29. The topological polar surface area (TPSA) is 51.1 Å².